The van der Waals surface area contributed by atoms with Gasteiger partial charge in [-0.1, -0.05) is 0 Å². The van der Waals surface area contributed by atoms with Gasteiger partial charge in [0.1, 0.15) is 10.7 Å². The molecule has 1 aliphatic carbocycles. The summed E-state index contributed by atoms with van der Waals surface area (Å²) in [5, 5.41) is 10.6. The Morgan fingerprint density at radius 1 is 1.35 bits per heavy atom. The van der Waals surface area contributed by atoms with Crippen LogP contribution in [-0.2, 0) is 10.0 Å². The molecule has 2 heterocycles. The molecule has 8 heteroatoms. The van der Waals surface area contributed by atoms with Crippen molar-refractivity contribution < 1.29 is 13.5 Å². The van der Waals surface area contributed by atoms with Gasteiger partial charge in [0, 0.05) is 24.8 Å². The van der Waals surface area contributed by atoms with Gasteiger partial charge >= 0.3 is 0 Å². The summed E-state index contributed by atoms with van der Waals surface area (Å²) in [7, 11) is -3.69. The van der Waals surface area contributed by atoms with Crippen LogP contribution in [0.3, 0.4) is 0 Å². The quantitative estimate of drug-likeness (QED) is 0.869. The standard InChI is InChI=1S/C15H20N4O3S/c1-11-17-8-9-19(11)14-6-2-5-13(15(14)20)18-23(21,22)12-4-3-7-16-10-12/h3-4,7-10,13-15,18,20H,2,5-6H2,1H3/t13-,14-,15-/m1/s1. The van der Waals surface area contributed by atoms with Gasteiger partial charge in [-0.3, -0.25) is 4.98 Å². The molecular formula is C15H20N4O3S. The van der Waals surface area contributed by atoms with Gasteiger partial charge < -0.3 is 9.67 Å². The molecular weight excluding hydrogens is 316 g/mol. The van der Waals surface area contributed by atoms with Gasteiger partial charge in [-0.15, -0.1) is 0 Å². The Morgan fingerprint density at radius 2 is 2.17 bits per heavy atom. The van der Waals surface area contributed by atoms with Crippen LogP contribution in [0.2, 0.25) is 0 Å². The van der Waals surface area contributed by atoms with Crippen LogP contribution in [-0.4, -0.2) is 40.2 Å². The molecule has 0 aromatic carbocycles. The third-order valence-corrected chi connectivity index (χ3v) is 5.77. The van der Waals surface area contributed by atoms with E-state index in [0.717, 1.165) is 18.7 Å². The van der Waals surface area contributed by atoms with E-state index in [2.05, 4.69) is 14.7 Å². The van der Waals surface area contributed by atoms with E-state index in [1.807, 2.05) is 17.7 Å². The van der Waals surface area contributed by atoms with E-state index in [9.17, 15) is 13.5 Å². The molecule has 2 N–H and O–H groups in total. The zero-order chi connectivity index (χ0) is 16.4. The molecule has 2 aromatic rings. The van der Waals surface area contributed by atoms with Gasteiger partial charge in [0.2, 0.25) is 10.0 Å². The normalized spacial score (nSPS) is 25.4. The molecule has 23 heavy (non-hydrogen) atoms. The highest BCUT2D eigenvalue weighted by Gasteiger charge is 2.36. The van der Waals surface area contributed by atoms with E-state index in [1.165, 1.54) is 18.5 Å². The average molecular weight is 336 g/mol. The van der Waals surface area contributed by atoms with E-state index in [4.69, 9.17) is 0 Å². The molecule has 0 unspecified atom stereocenters. The second-order valence-electron chi connectivity index (χ2n) is 5.79. The van der Waals surface area contributed by atoms with Crippen LogP contribution < -0.4 is 4.72 Å². The van der Waals surface area contributed by atoms with Crippen molar-refractivity contribution in [3.63, 3.8) is 0 Å². The van der Waals surface area contributed by atoms with E-state index in [-0.39, 0.29) is 10.9 Å². The lowest BCUT2D eigenvalue weighted by Crippen LogP contribution is -2.49. The van der Waals surface area contributed by atoms with Crippen molar-refractivity contribution in [1.29, 1.82) is 0 Å². The smallest absolute Gasteiger partial charge is 0.242 e. The van der Waals surface area contributed by atoms with Crippen molar-refractivity contribution in [1.82, 2.24) is 19.3 Å². The lowest BCUT2D eigenvalue weighted by Gasteiger charge is -2.36. The maximum Gasteiger partial charge on any atom is 0.242 e. The summed E-state index contributed by atoms with van der Waals surface area (Å²) in [6, 6.07) is 2.36. The number of nitrogens with zero attached hydrogens (tertiary/aromatic N) is 3. The molecule has 0 radical (unpaired) electrons. The average Bonchev–Trinajstić information content (AvgIpc) is 2.96. The molecule has 0 saturated heterocycles. The third-order valence-electron chi connectivity index (χ3n) is 4.29. The van der Waals surface area contributed by atoms with E-state index < -0.39 is 22.2 Å². The van der Waals surface area contributed by atoms with Gasteiger partial charge in [-0.2, -0.15) is 0 Å². The first-order valence-corrected chi connectivity index (χ1v) is 9.07. The monoisotopic (exact) mass is 336 g/mol. The van der Waals surface area contributed by atoms with Gasteiger partial charge in [0.15, 0.2) is 0 Å². The summed E-state index contributed by atoms with van der Waals surface area (Å²) in [5.74, 6) is 0.810. The minimum Gasteiger partial charge on any atom is -0.389 e. The Morgan fingerprint density at radius 3 is 2.83 bits per heavy atom. The number of hydrogen-bond acceptors (Lipinski definition) is 5. The summed E-state index contributed by atoms with van der Waals surface area (Å²) in [6.45, 7) is 1.87. The SMILES string of the molecule is Cc1nccn1[C@@H]1CCC[C@@H](NS(=O)(=O)c2cccnc2)[C@H]1O. The predicted octanol–water partition coefficient (Wildman–Crippen LogP) is 1.02. The molecule has 0 spiro atoms. The van der Waals surface area contributed by atoms with Crippen molar-refractivity contribution in [2.75, 3.05) is 0 Å². The topological polar surface area (TPSA) is 97.1 Å². The van der Waals surface area contributed by atoms with Crippen molar-refractivity contribution in [2.45, 2.75) is 49.3 Å². The number of sulfonamides is 1. The molecule has 3 atom stereocenters. The van der Waals surface area contributed by atoms with Gasteiger partial charge in [-0.05, 0) is 38.3 Å². The van der Waals surface area contributed by atoms with Crippen molar-refractivity contribution in [2.24, 2.45) is 0 Å². The van der Waals surface area contributed by atoms with Crippen molar-refractivity contribution >= 4 is 10.0 Å². The Bertz CT molecular complexity index is 760. The van der Waals surface area contributed by atoms with Crippen LogP contribution in [0.5, 0.6) is 0 Å². The number of pyridine rings is 1. The number of aliphatic hydroxyl groups is 1. The van der Waals surface area contributed by atoms with Gasteiger partial charge in [0.05, 0.1) is 18.2 Å². The number of hydrogen-bond donors (Lipinski definition) is 2. The van der Waals surface area contributed by atoms with Crippen LogP contribution in [0.15, 0.2) is 41.8 Å². The molecule has 7 nitrogen and oxygen atoms in total. The number of rotatable bonds is 4. The van der Waals surface area contributed by atoms with Crippen LogP contribution in [0.25, 0.3) is 0 Å². The second kappa shape index (κ2) is 6.38. The Balaban J connectivity index is 1.79. The summed E-state index contributed by atoms with van der Waals surface area (Å²) in [4.78, 5) is 8.12. The van der Waals surface area contributed by atoms with E-state index in [1.54, 1.807) is 12.3 Å². The van der Waals surface area contributed by atoms with Gasteiger partial charge in [0.25, 0.3) is 0 Å². The molecule has 1 fully saturated rings. The fourth-order valence-corrected chi connectivity index (χ4v) is 4.35. The second-order valence-corrected chi connectivity index (χ2v) is 7.50. The number of aliphatic hydroxyl groups excluding tert-OH is 1. The maximum atomic E-state index is 12.4. The first-order valence-electron chi connectivity index (χ1n) is 7.59. The lowest BCUT2D eigenvalue weighted by molar-refractivity contribution is 0.0503. The molecule has 2 aromatic heterocycles. The molecule has 124 valence electrons. The molecule has 3 rings (SSSR count). The fraction of sp³-hybridized carbons (Fsp3) is 0.467. The highest BCUT2D eigenvalue weighted by atomic mass is 32.2. The number of nitrogens with one attached hydrogen (secondary N) is 1. The van der Waals surface area contributed by atoms with E-state index in [0.29, 0.717) is 6.42 Å². The first-order chi connectivity index (χ1) is 11.0. The maximum absolute atomic E-state index is 12.4. The van der Waals surface area contributed by atoms with Crippen LogP contribution >= 0.6 is 0 Å². The zero-order valence-corrected chi connectivity index (χ0v) is 13.6. The minimum atomic E-state index is -3.69. The Hall–Kier alpha value is -1.77. The van der Waals surface area contributed by atoms with Gasteiger partial charge in [-0.25, -0.2) is 18.1 Å². The van der Waals surface area contributed by atoms with E-state index >= 15 is 0 Å². The van der Waals surface area contributed by atoms with Crippen LogP contribution in [0, 0.1) is 6.92 Å². The summed E-state index contributed by atoms with van der Waals surface area (Å²) in [6.07, 6.45) is 7.75. The molecule has 1 saturated carbocycles. The highest BCUT2D eigenvalue weighted by molar-refractivity contribution is 7.89. The molecule has 0 aliphatic heterocycles. The number of aromatic nitrogens is 3. The summed E-state index contributed by atoms with van der Waals surface area (Å²) >= 11 is 0. The molecule has 0 bridgehead atoms. The molecule has 1 aliphatic rings. The number of imidazole rings is 1. The minimum absolute atomic E-state index is 0.105. The number of aryl methyl sites for hydroxylation is 1. The first kappa shape index (κ1) is 16.1. The fourth-order valence-electron chi connectivity index (χ4n) is 3.10. The van der Waals surface area contributed by atoms with Crippen molar-refractivity contribution in [3.8, 4) is 0 Å². The summed E-state index contributed by atoms with van der Waals surface area (Å²) in [5.41, 5.74) is 0. The predicted molar refractivity (Wildman–Crippen MR) is 84.2 cm³/mol. The van der Waals surface area contributed by atoms with Crippen LogP contribution in [0.1, 0.15) is 31.1 Å². The van der Waals surface area contributed by atoms with Crippen molar-refractivity contribution in [3.05, 3.63) is 42.7 Å². The zero-order valence-electron chi connectivity index (χ0n) is 12.8. The largest absolute Gasteiger partial charge is 0.389 e. The van der Waals surface area contributed by atoms with Crippen LogP contribution in [0.4, 0.5) is 0 Å². The Kier molecular flexibility index (Phi) is 4.47. The lowest BCUT2D eigenvalue weighted by atomic mass is 9.88. The highest BCUT2D eigenvalue weighted by Crippen LogP contribution is 2.30. The Labute approximate surface area is 135 Å². The summed E-state index contributed by atoms with van der Waals surface area (Å²) < 4.78 is 29.4. The molecule has 0 amide bonds. The third kappa shape index (κ3) is 3.29.